The van der Waals surface area contributed by atoms with Gasteiger partial charge < -0.3 is 9.47 Å². The molecule has 0 unspecified atom stereocenters. The summed E-state index contributed by atoms with van der Waals surface area (Å²) in [5.41, 5.74) is 1.06. The number of rotatable bonds is 6. The Labute approximate surface area is 171 Å². The molecule has 0 amide bonds. The Kier molecular flexibility index (Phi) is 6.02. The summed E-state index contributed by atoms with van der Waals surface area (Å²) in [6.45, 7) is -0.118. The second-order valence-electron chi connectivity index (χ2n) is 6.06. The second kappa shape index (κ2) is 9.00. The Morgan fingerprint density at radius 3 is 2.40 bits per heavy atom. The number of esters is 1. The molecule has 8 heteroatoms. The Morgan fingerprint density at radius 1 is 0.933 bits per heavy atom. The molecule has 0 heterocycles. The van der Waals surface area contributed by atoms with Crippen molar-refractivity contribution in [2.45, 2.75) is 6.61 Å². The van der Waals surface area contributed by atoms with Crippen LogP contribution in [0.5, 0.6) is 11.5 Å². The van der Waals surface area contributed by atoms with E-state index in [1.165, 1.54) is 36.4 Å². The molecular formula is C22H13N3O5. The van der Waals surface area contributed by atoms with E-state index in [9.17, 15) is 14.9 Å². The Balaban J connectivity index is 1.70. The van der Waals surface area contributed by atoms with Gasteiger partial charge in [0.25, 0.3) is 5.69 Å². The van der Waals surface area contributed by atoms with E-state index in [1.54, 1.807) is 30.3 Å². The van der Waals surface area contributed by atoms with E-state index in [4.69, 9.17) is 20.0 Å². The van der Waals surface area contributed by atoms with Gasteiger partial charge in [0, 0.05) is 12.1 Å². The molecule has 0 aliphatic heterocycles. The van der Waals surface area contributed by atoms with Gasteiger partial charge >= 0.3 is 5.97 Å². The van der Waals surface area contributed by atoms with Gasteiger partial charge in [-0.2, -0.15) is 10.5 Å². The minimum atomic E-state index is -0.621. The number of nitro benzene ring substituents is 1. The molecule has 30 heavy (non-hydrogen) atoms. The number of benzene rings is 3. The number of carbonyl (C=O) groups is 1. The number of hydrogen-bond donors (Lipinski definition) is 0. The highest BCUT2D eigenvalue weighted by molar-refractivity contribution is 5.89. The van der Waals surface area contributed by atoms with Crippen LogP contribution in [0.4, 0.5) is 5.69 Å². The number of non-ortho nitro benzene ring substituents is 1. The van der Waals surface area contributed by atoms with E-state index in [1.807, 2.05) is 12.1 Å². The van der Waals surface area contributed by atoms with E-state index in [-0.39, 0.29) is 29.0 Å². The Morgan fingerprint density at radius 2 is 1.67 bits per heavy atom. The number of ether oxygens (including phenoxy) is 2. The summed E-state index contributed by atoms with van der Waals surface area (Å²) in [4.78, 5) is 22.6. The summed E-state index contributed by atoms with van der Waals surface area (Å²) in [6, 6.07) is 20.4. The minimum absolute atomic E-state index is 0.0851. The third-order valence-electron chi connectivity index (χ3n) is 4.03. The molecular weight excluding hydrogens is 386 g/mol. The van der Waals surface area contributed by atoms with Crippen LogP contribution in [0.2, 0.25) is 0 Å². The van der Waals surface area contributed by atoms with E-state index in [2.05, 4.69) is 0 Å². The lowest BCUT2D eigenvalue weighted by Crippen LogP contribution is -2.05. The largest absolute Gasteiger partial charge is 0.457 e. The molecule has 3 aromatic rings. The summed E-state index contributed by atoms with van der Waals surface area (Å²) in [7, 11) is 0. The molecule has 0 aromatic heterocycles. The van der Waals surface area contributed by atoms with Crippen LogP contribution in [0.25, 0.3) is 0 Å². The fourth-order valence-electron chi connectivity index (χ4n) is 2.59. The molecule has 0 aliphatic carbocycles. The van der Waals surface area contributed by atoms with Crippen LogP contribution in [0.15, 0.2) is 66.7 Å². The normalized spacial score (nSPS) is 9.80. The topological polar surface area (TPSA) is 126 Å². The monoisotopic (exact) mass is 399 g/mol. The van der Waals surface area contributed by atoms with Gasteiger partial charge in [-0.05, 0) is 42.0 Å². The fraction of sp³-hybridized carbons (Fsp3) is 0.0455. The highest BCUT2D eigenvalue weighted by atomic mass is 16.6. The van der Waals surface area contributed by atoms with Gasteiger partial charge in [-0.1, -0.05) is 18.2 Å². The molecule has 0 aliphatic rings. The molecule has 0 N–H and O–H groups in total. The smallest absolute Gasteiger partial charge is 0.338 e. The van der Waals surface area contributed by atoms with Crippen LogP contribution in [0.3, 0.4) is 0 Å². The molecule has 0 fully saturated rings. The van der Waals surface area contributed by atoms with Crippen LogP contribution in [0, 0.1) is 32.8 Å². The number of nitro groups is 1. The first-order valence-corrected chi connectivity index (χ1v) is 8.63. The van der Waals surface area contributed by atoms with Crippen molar-refractivity contribution in [2.75, 3.05) is 0 Å². The molecule has 0 radical (unpaired) electrons. The van der Waals surface area contributed by atoms with Crippen LogP contribution < -0.4 is 4.74 Å². The Bertz CT molecular complexity index is 1210. The van der Waals surface area contributed by atoms with E-state index < -0.39 is 10.9 Å². The van der Waals surface area contributed by atoms with Crippen molar-refractivity contribution in [3.8, 4) is 23.6 Å². The lowest BCUT2D eigenvalue weighted by Gasteiger charge is -2.09. The predicted octanol–water partition coefficient (Wildman–Crippen LogP) is 4.49. The van der Waals surface area contributed by atoms with Gasteiger partial charge in [-0.15, -0.1) is 0 Å². The van der Waals surface area contributed by atoms with Crippen molar-refractivity contribution in [1.29, 1.82) is 10.5 Å². The van der Waals surface area contributed by atoms with Crippen molar-refractivity contribution >= 4 is 11.7 Å². The van der Waals surface area contributed by atoms with Crippen LogP contribution in [-0.2, 0) is 11.3 Å². The molecule has 0 saturated heterocycles. The number of nitrogens with zero attached hydrogens (tertiary/aromatic N) is 3. The maximum Gasteiger partial charge on any atom is 0.338 e. The quantitative estimate of drug-likeness (QED) is 0.339. The predicted molar refractivity (Wildman–Crippen MR) is 105 cm³/mol. The third kappa shape index (κ3) is 4.77. The van der Waals surface area contributed by atoms with Crippen LogP contribution in [0.1, 0.15) is 27.0 Å². The SMILES string of the molecule is N#Cc1ccc(Oc2cccc(C(=O)OCc3cccc([N+](=O)[O-])c3)c2)cc1C#N. The molecule has 3 rings (SSSR count). The average Bonchev–Trinajstić information content (AvgIpc) is 2.77. The minimum Gasteiger partial charge on any atom is -0.457 e. The molecule has 0 spiro atoms. The Hall–Kier alpha value is -4.69. The standard InChI is InChI=1S/C22H13N3O5/c23-12-17-7-8-21(11-18(17)13-24)30-20-6-2-4-16(10-20)22(26)29-14-15-3-1-5-19(9-15)25(27)28/h1-11H,14H2. The molecule has 0 bridgehead atoms. The molecule has 0 saturated carbocycles. The first kappa shape index (κ1) is 20.1. The van der Waals surface area contributed by atoms with Gasteiger partial charge in [0.05, 0.1) is 21.6 Å². The van der Waals surface area contributed by atoms with E-state index in [0.29, 0.717) is 17.1 Å². The summed E-state index contributed by atoms with van der Waals surface area (Å²) >= 11 is 0. The first-order valence-electron chi connectivity index (χ1n) is 8.63. The van der Waals surface area contributed by atoms with Crippen LogP contribution >= 0.6 is 0 Å². The van der Waals surface area contributed by atoms with Crippen molar-refractivity contribution in [3.63, 3.8) is 0 Å². The lowest BCUT2D eigenvalue weighted by atomic mass is 10.1. The zero-order valence-corrected chi connectivity index (χ0v) is 15.4. The van der Waals surface area contributed by atoms with Gasteiger partial charge in [0.15, 0.2) is 0 Å². The lowest BCUT2D eigenvalue weighted by molar-refractivity contribution is -0.384. The molecule has 146 valence electrons. The molecule has 0 atom stereocenters. The highest BCUT2D eigenvalue weighted by Gasteiger charge is 2.12. The first-order chi connectivity index (χ1) is 14.5. The summed E-state index contributed by atoms with van der Waals surface area (Å²) in [5.74, 6) is 0.0607. The average molecular weight is 399 g/mol. The molecule has 3 aromatic carbocycles. The van der Waals surface area contributed by atoms with Crippen LogP contribution in [-0.4, -0.2) is 10.9 Å². The summed E-state index contributed by atoms with van der Waals surface area (Å²) < 4.78 is 10.9. The second-order valence-corrected chi connectivity index (χ2v) is 6.06. The zero-order valence-electron chi connectivity index (χ0n) is 15.4. The van der Waals surface area contributed by atoms with Gasteiger partial charge in [0.2, 0.25) is 0 Å². The third-order valence-corrected chi connectivity index (χ3v) is 4.03. The highest BCUT2D eigenvalue weighted by Crippen LogP contribution is 2.25. The van der Waals surface area contributed by atoms with Crippen molar-refractivity contribution in [2.24, 2.45) is 0 Å². The fourth-order valence-corrected chi connectivity index (χ4v) is 2.59. The van der Waals surface area contributed by atoms with Crippen molar-refractivity contribution in [1.82, 2.24) is 0 Å². The van der Waals surface area contributed by atoms with Gasteiger partial charge in [-0.3, -0.25) is 10.1 Å². The number of nitriles is 2. The maximum absolute atomic E-state index is 12.3. The van der Waals surface area contributed by atoms with Crippen molar-refractivity contribution in [3.05, 3.63) is 99.1 Å². The van der Waals surface area contributed by atoms with Crippen molar-refractivity contribution < 1.29 is 19.2 Å². The molecule has 8 nitrogen and oxygen atoms in total. The number of carbonyl (C=O) groups excluding carboxylic acids is 1. The summed E-state index contributed by atoms with van der Waals surface area (Å²) in [5, 5.41) is 28.9. The van der Waals surface area contributed by atoms with Gasteiger partial charge in [-0.25, -0.2) is 4.79 Å². The van der Waals surface area contributed by atoms with E-state index >= 15 is 0 Å². The zero-order chi connectivity index (χ0) is 21.5. The maximum atomic E-state index is 12.3. The number of hydrogen-bond acceptors (Lipinski definition) is 7. The summed E-state index contributed by atoms with van der Waals surface area (Å²) in [6.07, 6.45) is 0. The van der Waals surface area contributed by atoms with E-state index in [0.717, 1.165) is 0 Å². The van der Waals surface area contributed by atoms with Gasteiger partial charge in [0.1, 0.15) is 30.2 Å².